The zero-order valence-corrected chi connectivity index (χ0v) is 10.7. The minimum absolute atomic E-state index is 0.626. The van der Waals surface area contributed by atoms with Crippen molar-refractivity contribution in [3.05, 3.63) is 45.7 Å². The zero-order chi connectivity index (χ0) is 11.7. The first-order chi connectivity index (χ1) is 7.61. The van der Waals surface area contributed by atoms with Crippen LogP contribution in [-0.2, 0) is 0 Å². The van der Waals surface area contributed by atoms with Gasteiger partial charge in [0, 0.05) is 10.7 Å². The van der Waals surface area contributed by atoms with Gasteiger partial charge in [0.1, 0.15) is 0 Å². The van der Waals surface area contributed by atoms with Crippen LogP contribution in [0.3, 0.4) is 0 Å². The van der Waals surface area contributed by atoms with Crippen molar-refractivity contribution in [3.8, 4) is 5.69 Å². The van der Waals surface area contributed by atoms with E-state index in [9.17, 15) is 4.79 Å². The highest BCUT2D eigenvalue weighted by Crippen LogP contribution is 2.19. The third kappa shape index (κ3) is 1.93. The summed E-state index contributed by atoms with van der Waals surface area (Å²) in [7, 11) is 0. The molecule has 0 aliphatic heterocycles. The van der Waals surface area contributed by atoms with Crippen LogP contribution in [0.2, 0.25) is 0 Å². The number of benzene rings is 1. The number of aromatic nitrogens is 2. The molecule has 0 atom stereocenters. The summed E-state index contributed by atoms with van der Waals surface area (Å²) in [5.74, 6) is 0. The molecule has 82 valence electrons. The molecule has 3 nitrogen and oxygen atoms in total. The van der Waals surface area contributed by atoms with E-state index < -0.39 is 0 Å². The fourth-order valence-corrected chi connectivity index (χ4v) is 1.74. The second-order valence-electron chi connectivity index (χ2n) is 3.67. The third-order valence-electron chi connectivity index (χ3n) is 2.47. The molecule has 0 amide bonds. The van der Waals surface area contributed by atoms with Gasteiger partial charge in [-0.2, -0.15) is 5.10 Å². The molecule has 16 heavy (non-hydrogen) atoms. The number of carbonyl (C=O) groups is 1. The summed E-state index contributed by atoms with van der Waals surface area (Å²) in [5.41, 5.74) is 3.46. The average Bonchev–Trinajstić information content (AvgIpc) is 2.64. The van der Waals surface area contributed by atoms with E-state index >= 15 is 0 Å². The molecule has 0 saturated carbocycles. The van der Waals surface area contributed by atoms with Gasteiger partial charge < -0.3 is 0 Å². The van der Waals surface area contributed by atoms with E-state index in [-0.39, 0.29) is 0 Å². The van der Waals surface area contributed by atoms with Crippen molar-refractivity contribution in [1.29, 1.82) is 0 Å². The van der Waals surface area contributed by atoms with Crippen LogP contribution >= 0.6 is 15.9 Å². The lowest BCUT2D eigenvalue weighted by Crippen LogP contribution is -1.95. The normalized spacial score (nSPS) is 10.4. The summed E-state index contributed by atoms with van der Waals surface area (Å²) in [5, 5.41) is 4.29. The van der Waals surface area contributed by atoms with Gasteiger partial charge in [-0.05, 0) is 37.6 Å². The van der Waals surface area contributed by atoms with E-state index in [0.717, 1.165) is 27.7 Å². The standard InChI is InChI=1S/C12H11BrN2O/c1-8-5-11(3-4-12(8)13)15-6-10(7-16)9(2)14-15/h3-7H,1-2H3. The molecule has 4 heteroatoms. The number of aldehydes is 1. The van der Waals surface area contributed by atoms with Crippen molar-refractivity contribution >= 4 is 22.2 Å². The smallest absolute Gasteiger partial charge is 0.153 e. The van der Waals surface area contributed by atoms with Crippen molar-refractivity contribution in [2.45, 2.75) is 13.8 Å². The van der Waals surface area contributed by atoms with Gasteiger partial charge in [0.15, 0.2) is 6.29 Å². The van der Waals surface area contributed by atoms with E-state index in [1.54, 1.807) is 10.9 Å². The van der Waals surface area contributed by atoms with Crippen LogP contribution < -0.4 is 0 Å². The average molecular weight is 279 g/mol. The maximum Gasteiger partial charge on any atom is 0.153 e. The minimum Gasteiger partial charge on any atom is -0.298 e. The largest absolute Gasteiger partial charge is 0.298 e. The van der Waals surface area contributed by atoms with Crippen LogP contribution in [0, 0.1) is 13.8 Å². The van der Waals surface area contributed by atoms with Crippen LogP contribution in [0.1, 0.15) is 21.6 Å². The van der Waals surface area contributed by atoms with Crippen molar-refractivity contribution in [2.75, 3.05) is 0 Å². The molecule has 2 aromatic rings. The summed E-state index contributed by atoms with van der Waals surface area (Å²) in [6.07, 6.45) is 2.57. The zero-order valence-electron chi connectivity index (χ0n) is 9.07. The molecule has 2 rings (SSSR count). The minimum atomic E-state index is 0.626. The highest BCUT2D eigenvalue weighted by Gasteiger charge is 2.05. The molecule has 1 heterocycles. The molecule has 0 bridgehead atoms. The summed E-state index contributed by atoms with van der Waals surface area (Å²) in [4.78, 5) is 10.7. The summed E-state index contributed by atoms with van der Waals surface area (Å²) in [6, 6.07) is 5.95. The number of carbonyl (C=O) groups excluding carboxylic acids is 1. The number of hydrogen-bond donors (Lipinski definition) is 0. The first-order valence-corrected chi connectivity index (χ1v) is 5.69. The van der Waals surface area contributed by atoms with Gasteiger partial charge in [0.25, 0.3) is 0 Å². The van der Waals surface area contributed by atoms with Crippen LogP contribution in [-0.4, -0.2) is 16.1 Å². The Hall–Kier alpha value is -1.42. The second-order valence-corrected chi connectivity index (χ2v) is 4.52. The monoisotopic (exact) mass is 278 g/mol. The van der Waals surface area contributed by atoms with E-state index in [1.165, 1.54) is 0 Å². The van der Waals surface area contributed by atoms with Gasteiger partial charge in [-0.1, -0.05) is 15.9 Å². The highest BCUT2D eigenvalue weighted by molar-refractivity contribution is 9.10. The Balaban J connectivity index is 2.50. The molecule has 0 unspecified atom stereocenters. The molecule has 1 aromatic heterocycles. The number of nitrogens with zero attached hydrogens (tertiary/aromatic N) is 2. The molecule has 0 radical (unpaired) electrons. The third-order valence-corrected chi connectivity index (χ3v) is 3.36. The second kappa shape index (κ2) is 4.22. The van der Waals surface area contributed by atoms with E-state index in [4.69, 9.17) is 0 Å². The number of halogens is 1. The summed E-state index contributed by atoms with van der Waals surface area (Å²) < 4.78 is 2.79. The SMILES string of the molecule is Cc1cc(-n2cc(C=O)c(C)n2)ccc1Br. The van der Waals surface area contributed by atoms with E-state index in [2.05, 4.69) is 21.0 Å². The van der Waals surface area contributed by atoms with Gasteiger partial charge in [0.05, 0.1) is 16.9 Å². The topological polar surface area (TPSA) is 34.9 Å². The van der Waals surface area contributed by atoms with Crippen LogP contribution in [0.15, 0.2) is 28.9 Å². The molecule has 0 aliphatic carbocycles. The number of aryl methyl sites for hydroxylation is 2. The lowest BCUT2D eigenvalue weighted by molar-refractivity contribution is 0.112. The van der Waals surface area contributed by atoms with Gasteiger partial charge >= 0.3 is 0 Å². The maximum absolute atomic E-state index is 10.7. The molecule has 0 aliphatic rings. The summed E-state index contributed by atoms with van der Waals surface area (Å²) >= 11 is 3.45. The molecular formula is C12H11BrN2O. The lowest BCUT2D eigenvalue weighted by atomic mass is 10.2. The van der Waals surface area contributed by atoms with Gasteiger partial charge in [-0.25, -0.2) is 4.68 Å². The quantitative estimate of drug-likeness (QED) is 0.792. The Morgan fingerprint density at radius 1 is 1.38 bits per heavy atom. The Morgan fingerprint density at radius 3 is 2.69 bits per heavy atom. The van der Waals surface area contributed by atoms with Crippen molar-refractivity contribution < 1.29 is 4.79 Å². The lowest BCUT2D eigenvalue weighted by Gasteiger charge is -2.03. The van der Waals surface area contributed by atoms with E-state index in [1.807, 2.05) is 32.0 Å². The van der Waals surface area contributed by atoms with Crippen molar-refractivity contribution in [2.24, 2.45) is 0 Å². The van der Waals surface area contributed by atoms with Gasteiger partial charge in [-0.3, -0.25) is 4.79 Å². The highest BCUT2D eigenvalue weighted by atomic mass is 79.9. The van der Waals surface area contributed by atoms with Crippen LogP contribution in [0.5, 0.6) is 0 Å². The predicted molar refractivity (Wildman–Crippen MR) is 66.1 cm³/mol. The Bertz CT molecular complexity index is 546. The Morgan fingerprint density at radius 2 is 2.12 bits per heavy atom. The van der Waals surface area contributed by atoms with Crippen LogP contribution in [0.25, 0.3) is 5.69 Å². The van der Waals surface area contributed by atoms with Crippen molar-refractivity contribution in [1.82, 2.24) is 9.78 Å². The molecule has 0 fully saturated rings. The molecular weight excluding hydrogens is 268 g/mol. The predicted octanol–water partition coefficient (Wildman–Crippen LogP) is 3.06. The Labute approximate surface area is 102 Å². The Kier molecular flexibility index (Phi) is 2.92. The molecule has 0 spiro atoms. The molecule has 0 N–H and O–H groups in total. The molecule has 1 aromatic carbocycles. The molecule has 0 saturated heterocycles. The van der Waals surface area contributed by atoms with Crippen molar-refractivity contribution in [3.63, 3.8) is 0 Å². The van der Waals surface area contributed by atoms with Gasteiger partial charge in [0.2, 0.25) is 0 Å². The maximum atomic E-state index is 10.7. The first-order valence-electron chi connectivity index (χ1n) is 4.90. The fraction of sp³-hybridized carbons (Fsp3) is 0.167. The van der Waals surface area contributed by atoms with Gasteiger partial charge in [-0.15, -0.1) is 0 Å². The summed E-state index contributed by atoms with van der Waals surface area (Å²) in [6.45, 7) is 3.84. The first kappa shape index (κ1) is 11.1. The fourth-order valence-electron chi connectivity index (χ4n) is 1.49. The number of hydrogen-bond acceptors (Lipinski definition) is 2. The van der Waals surface area contributed by atoms with Crippen LogP contribution in [0.4, 0.5) is 0 Å². The number of rotatable bonds is 2. The van der Waals surface area contributed by atoms with E-state index in [0.29, 0.717) is 5.56 Å².